The summed E-state index contributed by atoms with van der Waals surface area (Å²) in [6.07, 6.45) is 0.494. The van der Waals surface area contributed by atoms with Gasteiger partial charge in [-0.05, 0) is 30.3 Å². The molecular weight excluding hydrogens is 254 g/mol. The molecule has 1 aromatic heterocycles. The molecule has 0 bridgehead atoms. The molecule has 0 aliphatic heterocycles. The summed E-state index contributed by atoms with van der Waals surface area (Å²) < 4.78 is 1.58. The number of thioether (sulfide) groups is 1. The molecule has 2 atom stereocenters. The monoisotopic (exact) mass is 273 g/mol. The number of hydrogen-bond donors (Lipinski definition) is 2. The van der Waals surface area contributed by atoms with Crippen LogP contribution in [0.5, 0.6) is 0 Å². The fourth-order valence-electron chi connectivity index (χ4n) is 1.74. The predicted octanol–water partition coefficient (Wildman–Crippen LogP) is 0.534. The SMILES string of the molecule is CCNC(C)(CC(C)Sc1nnnn1C)C(=O)O. The van der Waals surface area contributed by atoms with Crippen LogP contribution in [-0.2, 0) is 11.8 Å². The quantitative estimate of drug-likeness (QED) is 0.700. The zero-order valence-corrected chi connectivity index (χ0v) is 11.9. The van der Waals surface area contributed by atoms with Gasteiger partial charge in [0, 0.05) is 12.3 Å². The number of nitrogens with zero attached hydrogens (tertiary/aromatic N) is 4. The molecule has 1 rings (SSSR count). The molecule has 7 nitrogen and oxygen atoms in total. The maximum Gasteiger partial charge on any atom is 0.323 e. The first kappa shape index (κ1) is 14.9. The third-order valence-corrected chi connectivity index (χ3v) is 3.75. The molecule has 8 heteroatoms. The van der Waals surface area contributed by atoms with Gasteiger partial charge in [0.1, 0.15) is 5.54 Å². The molecule has 0 spiro atoms. The number of carboxylic acids is 1. The standard InChI is InChI=1S/C10H19N5O2S/c1-5-11-10(3,8(16)17)6-7(2)18-9-12-13-14-15(9)4/h7,11H,5-6H2,1-4H3,(H,16,17). The molecule has 18 heavy (non-hydrogen) atoms. The van der Waals surface area contributed by atoms with Crippen LogP contribution in [0.4, 0.5) is 0 Å². The van der Waals surface area contributed by atoms with Gasteiger partial charge in [-0.15, -0.1) is 5.10 Å². The number of carbonyl (C=O) groups is 1. The number of tetrazole rings is 1. The molecule has 1 aromatic rings. The minimum atomic E-state index is -0.923. The van der Waals surface area contributed by atoms with Crippen LogP contribution in [0.15, 0.2) is 5.16 Å². The van der Waals surface area contributed by atoms with Crippen molar-refractivity contribution in [3.8, 4) is 0 Å². The van der Waals surface area contributed by atoms with Crippen molar-refractivity contribution in [1.82, 2.24) is 25.5 Å². The van der Waals surface area contributed by atoms with Crippen LogP contribution in [0.2, 0.25) is 0 Å². The summed E-state index contributed by atoms with van der Waals surface area (Å²) in [6, 6.07) is 0. The van der Waals surface area contributed by atoms with Crippen molar-refractivity contribution in [2.24, 2.45) is 7.05 Å². The van der Waals surface area contributed by atoms with E-state index in [-0.39, 0.29) is 5.25 Å². The lowest BCUT2D eigenvalue weighted by atomic mass is 9.96. The van der Waals surface area contributed by atoms with E-state index in [0.717, 1.165) is 0 Å². The van der Waals surface area contributed by atoms with Crippen LogP contribution in [-0.4, -0.2) is 48.6 Å². The van der Waals surface area contributed by atoms with Crippen molar-refractivity contribution in [3.05, 3.63) is 0 Å². The highest BCUT2D eigenvalue weighted by Gasteiger charge is 2.34. The molecule has 0 fully saturated rings. The highest BCUT2D eigenvalue weighted by atomic mass is 32.2. The van der Waals surface area contributed by atoms with Crippen LogP contribution in [0.3, 0.4) is 0 Å². The van der Waals surface area contributed by atoms with Crippen molar-refractivity contribution in [1.29, 1.82) is 0 Å². The Hall–Kier alpha value is -1.15. The number of nitrogens with one attached hydrogen (secondary N) is 1. The molecular formula is C10H19N5O2S. The molecule has 0 aliphatic carbocycles. The number of hydrogen-bond acceptors (Lipinski definition) is 6. The van der Waals surface area contributed by atoms with E-state index in [4.69, 9.17) is 0 Å². The molecule has 2 unspecified atom stereocenters. The second-order valence-corrected chi connectivity index (χ2v) is 5.79. The third kappa shape index (κ3) is 3.67. The lowest BCUT2D eigenvalue weighted by molar-refractivity contribution is -0.144. The fourth-order valence-corrected chi connectivity index (χ4v) is 2.79. The lowest BCUT2D eigenvalue weighted by Crippen LogP contribution is -2.50. The molecule has 0 saturated carbocycles. The van der Waals surface area contributed by atoms with E-state index in [1.165, 1.54) is 11.8 Å². The Morgan fingerprint density at radius 1 is 1.67 bits per heavy atom. The Bertz CT molecular complexity index is 411. The number of aliphatic carboxylic acids is 1. The summed E-state index contributed by atoms with van der Waals surface area (Å²) in [4.78, 5) is 11.3. The normalized spacial score (nSPS) is 16.2. The van der Waals surface area contributed by atoms with Gasteiger partial charge in [0.2, 0.25) is 5.16 Å². The van der Waals surface area contributed by atoms with Crippen molar-refractivity contribution >= 4 is 17.7 Å². The summed E-state index contributed by atoms with van der Waals surface area (Å²) in [5.74, 6) is -0.840. The topological polar surface area (TPSA) is 92.9 Å². The molecule has 2 N–H and O–H groups in total. The van der Waals surface area contributed by atoms with Crippen LogP contribution >= 0.6 is 11.8 Å². The maximum atomic E-state index is 11.3. The van der Waals surface area contributed by atoms with Crippen molar-refractivity contribution in [2.75, 3.05) is 6.54 Å². The number of likely N-dealkylation sites (N-methyl/N-ethyl adjacent to an activating group) is 1. The van der Waals surface area contributed by atoms with Crippen LogP contribution in [0, 0.1) is 0 Å². The average molecular weight is 273 g/mol. The summed E-state index contributed by atoms with van der Waals surface area (Å²) in [5.41, 5.74) is -0.923. The van der Waals surface area contributed by atoms with Gasteiger partial charge in [-0.2, -0.15) is 0 Å². The van der Waals surface area contributed by atoms with E-state index in [1.807, 2.05) is 13.8 Å². The summed E-state index contributed by atoms with van der Waals surface area (Å²) >= 11 is 1.47. The maximum absolute atomic E-state index is 11.3. The smallest absolute Gasteiger partial charge is 0.323 e. The Morgan fingerprint density at radius 3 is 2.78 bits per heavy atom. The molecule has 1 heterocycles. The van der Waals surface area contributed by atoms with Crippen molar-refractivity contribution in [2.45, 2.75) is 43.1 Å². The van der Waals surface area contributed by atoms with Gasteiger partial charge in [0.05, 0.1) is 0 Å². The number of rotatable bonds is 7. The molecule has 0 amide bonds. The highest BCUT2D eigenvalue weighted by molar-refractivity contribution is 7.99. The van der Waals surface area contributed by atoms with Crippen molar-refractivity contribution in [3.63, 3.8) is 0 Å². The van der Waals surface area contributed by atoms with E-state index in [0.29, 0.717) is 18.1 Å². The molecule has 0 aromatic carbocycles. The highest BCUT2D eigenvalue weighted by Crippen LogP contribution is 2.26. The first-order chi connectivity index (χ1) is 8.39. The fraction of sp³-hybridized carbons (Fsp3) is 0.800. The molecule has 102 valence electrons. The first-order valence-electron chi connectivity index (χ1n) is 5.76. The minimum absolute atomic E-state index is 0.0925. The summed E-state index contributed by atoms with van der Waals surface area (Å²) in [7, 11) is 1.76. The third-order valence-electron chi connectivity index (χ3n) is 2.62. The van der Waals surface area contributed by atoms with Gasteiger partial charge in [-0.25, -0.2) is 4.68 Å². The minimum Gasteiger partial charge on any atom is -0.480 e. The Balaban J connectivity index is 2.65. The van der Waals surface area contributed by atoms with E-state index in [9.17, 15) is 9.90 Å². The summed E-state index contributed by atoms with van der Waals surface area (Å²) in [5, 5.41) is 24.2. The van der Waals surface area contributed by atoms with Crippen LogP contribution in [0.25, 0.3) is 0 Å². The predicted molar refractivity (Wildman–Crippen MR) is 68.5 cm³/mol. The number of aromatic nitrogens is 4. The Labute approximate surface area is 110 Å². The first-order valence-corrected chi connectivity index (χ1v) is 6.64. The Kier molecular flexibility index (Phi) is 5.09. The number of aryl methyl sites for hydroxylation is 1. The zero-order valence-electron chi connectivity index (χ0n) is 11.0. The molecule has 0 radical (unpaired) electrons. The molecule has 0 aliphatic rings. The second-order valence-electron chi connectivity index (χ2n) is 4.39. The average Bonchev–Trinajstić information content (AvgIpc) is 2.64. The van der Waals surface area contributed by atoms with E-state index >= 15 is 0 Å². The molecule has 0 saturated heterocycles. The Morgan fingerprint density at radius 2 is 2.33 bits per heavy atom. The lowest BCUT2D eigenvalue weighted by Gasteiger charge is -2.28. The largest absolute Gasteiger partial charge is 0.480 e. The van der Waals surface area contributed by atoms with E-state index in [2.05, 4.69) is 20.8 Å². The van der Waals surface area contributed by atoms with Gasteiger partial charge < -0.3 is 10.4 Å². The number of carboxylic acid groups (broad SMARTS) is 1. The second kappa shape index (κ2) is 6.14. The summed E-state index contributed by atoms with van der Waals surface area (Å²) in [6.45, 7) is 6.18. The van der Waals surface area contributed by atoms with E-state index < -0.39 is 11.5 Å². The van der Waals surface area contributed by atoms with Gasteiger partial charge in [0.25, 0.3) is 0 Å². The van der Waals surface area contributed by atoms with Gasteiger partial charge in [-0.3, -0.25) is 4.79 Å². The van der Waals surface area contributed by atoms with Gasteiger partial charge >= 0.3 is 5.97 Å². The van der Waals surface area contributed by atoms with E-state index in [1.54, 1.807) is 18.7 Å². The van der Waals surface area contributed by atoms with Crippen LogP contribution < -0.4 is 5.32 Å². The van der Waals surface area contributed by atoms with Crippen LogP contribution in [0.1, 0.15) is 27.2 Å². The van der Waals surface area contributed by atoms with Gasteiger partial charge in [0.15, 0.2) is 0 Å². The van der Waals surface area contributed by atoms with Crippen molar-refractivity contribution < 1.29 is 9.90 Å². The zero-order chi connectivity index (χ0) is 13.8. The van der Waals surface area contributed by atoms with Gasteiger partial charge in [-0.1, -0.05) is 25.6 Å².